The van der Waals surface area contributed by atoms with Crippen molar-refractivity contribution in [2.24, 2.45) is 16.7 Å². The molecule has 24 nitrogen and oxygen atoms in total. The van der Waals surface area contributed by atoms with Gasteiger partial charge in [-0.05, 0) is 186 Å². The highest BCUT2D eigenvalue weighted by Gasteiger charge is 2.63. The Labute approximate surface area is 626 Å². The molecule has 566 valence electrons. The Hall–Kier alpha value is -9.64. The lowest BCUT2D eigenvalue weighted by molar-refractivity contribution is -0.158. The Morgan fingerprint density at radius 1 is 0.757 bits per heavy atom. The average Bonchev–Trinajstić information content (AvgIpc) is 1.55. The molecule has 5 aromatic carbocycles. The fourth-order valence-electron chi connectivity index (χ4n) is 16.5. The number of likely N-dealkylation sites (tertiary alicyclic amines) is 1. The van der Waals surface area contributed by atoms with Gasteiger partial charge in [0, 0.05) is 74.8 Å². The molecule has 2 aliphatic carbocycles. The predicted octanol–water partition coefficient (Wildman–Crippen LogP) is 7.37. The summed E-state index contributed by atoms with van der Waals surface area (Å²) in [6.07, 6.45) is 9.19. The van der Waals surface area contributed by atoms with E-state index in [4.69, 9.17) is 18.9 Å². The quantitative estimate of drug-likeness (QED) is 0.0188. The minimum absolute atomic E-state index is 0.0127. The number of aliphatic hydroxyl groups is 1. The Morgan fingerprint density at radius 3 is 2.22 bits per heavy atom. The first-order valence-electron chi connectivity index (χ1n) is 38.0. The highest BCUT2D eigenvalue weighted by Crippen LogP contribution is 2.58. The van der Waals surface area contributed by atoms with Crippen LogP contribution in [0, 0.1) is 28.6 Å². The van der Waals surface area contributed by atoms with Crippen molar-refractivity contribution < 1.29 is 62.4 Å². The molecule has 0 aromatic heterocycles. The first-order chi connectivity index (χ1) is 51.7. The van der Waals surface area contributed by atoms with Crippen LogP contribution in [-0.4, -0.2) is 189 Å². The van der Waals surface area contributed by atoms with Gasteiger partial charge in [0.15, 0.2) is 11.5 Å². The van der Waals surface area contributed by atoms with Crippen LogP contribution < -0.4 is 51.6 Å². The van der Waals surface area contributed by atoms with Crippen LogP contribution in [0.5, 0.6) is 11.5 Å². The van der Waals surface area contributed by atoms with Gasteiger partial charge in [-0.25, -0.2) is 0 Å². The van der Waals surface area contributed by atoms with Crippen LogP contribution in [0.4, 0.5) is 17.1 Å². The lowest BCUT2D eigenvalue weighted by Crippen LogP contribution is -2.61. The zero-order valence-corrected chi connectivity index (χ0v) is 62.1. The molecule has 8 aliphatic rings. The molecule has 1 spiro atoms. The average molecular weight is 1460 g/mol. The highest BCUT2D eigenvalue weighted by atomic mass is 16.5. The molecule has 0 bridgehead atoms. The monoisotopic (exact) mass is 1460 g/mol. The number of carbonyl (C=O) groups is 8. The first-order valence-corrected chi connectivity index (χ1v) is 38.0. The van der Waals surface area contributed by atoms with Gasteiger partial charge >= 0.3 is 0 Å². The molecule has 13 rings (SSSR count). The molecule has 0 radical (unpaired) electrons. The van der Waals surface area contributed by atoms with Crippen molar-refractivity contribution in [3.05, 3.63) is 154 Å². The second-order valence-corrected chi connectivity index (χ2v) is 30.8. The largest absolute Gasteiger partial charge is 0.493 e. The maximum atomic E-state index is 15.4. The lowest BCUT2D eigenvalue weighted by atomic mass is 9.64. The van der Waals surface area contributed by atoms with Gasteiger partial charge in [-0.3, -0.25) is 43.7 Å². The Kier molecular flexibility index (Phi) is 23.5. The van der Waals surface area contributed by atoms with Crippen molar-refractivity contribution in [1.82, 2.24) is 41.3 Å². The predicted molar refractivity (Wildman–Crippen MR) is 405 cm³/mol. The molecular formula is C83H101N11O13. The number of rotatable bonds is 27. The zero-order chi connectivity index (χ0) is 75.1. The maximum Gasteiger partial charge on any atom is 0.260 e. The number of amides is 8. The molecule has 5 unspecified atom stereocenters. The molecule has 5 fully saturated rings. The SMILES string of the molecule is COc1cc2c(cc1OCCCCCOC1CC3NC(O)[C@@H]4CC5(CC5)CN4C(=O)C3(Cc3ccc(NC(=O)[C@H](C)NC(=O)[C@@H](NC(=O)CNC(=O)CNC(=O)CCC(=O)N4Cc5ccccc5C#Cc5ccccc54)C(C)C)cc3)CC1OC)NC[C@@H]1CC(c3ccc(C4CCN(C)CC4)cc3)=CN1C2=O. The van der Waals surface area contributed by atoms with Crippen molar-refractivity contribution in [2.75, 3.05) is 89.3 Å². The summed E-state index contributed by atoms with van der Waals surface area (Å²) in [6.45, 7) is 8.59. The smallest absolute Gasteiger partial charge is 0.260 e. The molecule has 24 heteroatoms. The molecule has 2 saturated carbocycles. The van der Waals surface area contributed by atoms with Crippen LogP contribution in [0.3, 0.4) is 0 Å². The van der Waals surface area contributed by atoms with Crippen LogP contribution in [0.1, 0.15) is 154 Å². The van der Waals surface area contributed by atoms with E-state index in [2.05, 4.69) is 85.3 Å². The summed E-state index contributed by atoms with van der Waals surface area (Å²) in [7, 11) is 5.42. The number of methoxy groups -OCH3 is 2. The van der Waals surface area contributed by atoms with E-state index in [1.165, 1.54) is 25.3 Å². The molecule has 9 atom stereocenters. The standard InChI is InChI=1S/C83H101N11O13/c1-51(2)76(90-74(97)47-86-73(96)46-85-72(95)28-29-75(98)93-48-59-16-9-8-14-54(59)24-25-58-15-10-11-17-65(58)93)79(101)87-52(3)77(99)88-61-26-18-53(19-27-61)42-83-44-70(105-6)69(41-71(83)89-78(100)66-43-82(32-33-82)50-94(66)81(83)103)107-37-13-7-12-36-106-68-40-64-63(39-67(68)104-5)80(102)92-49-60(38-62(92)45-84-64)56-22-20-55(21-23-56)57-30-34-91(4)35-31-57/h8-11,14-23,26-27,39-40,49,51-52,57,62,66,69-71,76,78,84,89,100H,7,12-13,28-38,41-48,50H2,1-6H3,(H,85,95)(H,86,96)(H,87,101)(H,88,99)(H,90,97)/t52-,62-,66-,69?,70?,71?,76-,78?,83?/m0/s1. The van der Waals surface area contributed by atoms with Gasteiger partial charge in [0.2, 0.25) is 41.4 Å². The van der Waals surface area contributed by atoms with Crippen molar-refractivity contribution in [2.45, 2.75) is 172 Å². The fraction of sp³-hybridized carbons (Fsp3) is 0.494. The molecular weight excluding hydrogens is 1360 g/mol. The highest BCUT2D eigenvalue weighted by molar-refractivity contribution is 6.03. The number of ether oxygens (including phenoxy) is 4. The number of fused-ring (bicyclic) bond motifs is 6. The third kappa shape index (κ3) is 17.4. The van der Waals surface area contributed by atoms with Crippen LogP contribution in [0.2, 0.25) is 0 Å². The van der Waals surface area contributed by atoms with E-state index in [0.29, 0.717) is 91.2 Å². The topological polar surface area (TPSA) is 291 Å². The number of unbranched alkanes of at least 4 members (excludes halogenated alkanes) is 2. The van der Waals surface area contributed by atoms with Crippen molar-refractivity contribution in [3.8, 4) is 23.3 Å². The first kappa shape index (κ1) is 75.6. The lowest BCUT2D eigenvalue weighted by Gasteiger charge is -2.48. The second-order valence-electron chi connectivity index (χ2n) is 30.8. The van der Waals surface area contributed by atoms with E-state index >= 15 is 4.79 Å². The van der Waals surface area contributed by atoms with Gasteiger partial charge in [-0.15, -0.1) is 0 Å². The Morgan fingerprint density at radius 2 is 1.48 bits per heavy atom. The van der Waals surface area contributed by atoms with Crippen LogP contribution in [-0.2, 0) is 56.0 Å². The number of nitrogens with one attached hydrogen (secondary N) is 7. The van der Waals surface area contributed by atoms with Crippen molar-refractivity contribution in [3.63, 3.8) is 0 Å². The summed E-state index contributed by atoms with van der Waals surface area (Å²) in [5, 5.41) is 32.2. The molecule has 8 N–H and O–H groups in total. The molecule has 8 amide bonds. The minimum atomic E-state index is -1.08. The molecule has 107 heavy (non-hydrogen) atoms. The third-order valence-corrected chi connectivity index (χ3v) is 23.0. The number of hydrogen-bond donors (Lipinski definition) is 8. The Bertz CT molecular complexity index is 4240. The Balaban J connectivity index is 0.557. The number of benzene rings is 5. The van der Waals surface area contributed by atoms with Crippen molar-refractivity contribution >= 4 is 69.9 Å². The number of para-hydroxylation sites is 1. The molecule has 5 aromatic rings. The number of carbonyl (C=O) groups excluding carboxylic acids is 8. The number of hydrogen-bond acceptors (Lipinski definition) is 16. The van der Waals surface area contributed by atoms with Gasteiger partial charge in [0.1, 0.15) is 18.3 Å². The van der Waals surface area contributed by atoms with Gasteiger partial charge in [-0.2, -0.15) is 0 Å². The summed E-state index contributed by atoms with van der Waals surface area (Å²) in [4.78, 5) is 117. The normalized spacial score (nSPS) is 23.2. The fourth-order valence-corrected chi connectivity index (χ4v) is 16.5. The van der Waals surface area contributed by atoms with Crippen LogP contribution in [0.25, 0.3) is 5.57 Å². The zero-order valence-electron chi connectivity index (χ0n) is 62.1. The van der Waals surface area contributed by atoms with E-state index in [1.807, 2.05) is 82.7 Å². The van der Waals surface area contributed by atoms with Gasteiger partial charge < -0.3 is 75.6 Å². The third-order valence-electron chi connectivity index (χ3n) is 23.0. The maximum absolute atomic E-state index is 15.4. The number of anilines is 3. The van der Waals surface area contributed by atoms with Gasteiger partial charge in [-0.1, -0.05) is 92.4 Å². The molecule has 3 saturated heterocycles. The summed E-state index contributed by atoms with van der Waals surface area (Å²) in [6, 6.07) is 31.8. The van der Waals surface area contributed by atoms with Crippen LogP contribution >= 0.6 is 0 Å². The summed E-state index contributed by atoms with van der Waals surface area (Å²) < 4.78 is 25.0. The molecule has 6 aliphatic heterocycles. The number of piperidine rings is 1. The van der Waals surface area contributed by atoms with Crippen molar-refractivity contribution in [1.29, 1.82) is 0 Å². The second kappa shape index (κ2) is 33.2. The van der Waals surface area contributed by atoms with Gasteiger partial charge in [0.05, 0.1) is 80.0 Å². The summed E-state index contributed by atoms with van der Waals surface area (Å²) >= 11 is 0. The summed E-state index contributed by atoms with van der Waals surface area (Å²) in [5.41, 5.74) is 8.25. The van der Waals surface area contributed by atoms with E-state index in [1.54, 1.807) is 51.2 Å². The summed E-state index contributed by atoms with van der Waals surface area (Å²) in [5.74, 6) is 4.16. The van der Waals surface area contributed by atoms with E-state index < -0.39 is 84.4 Å². The van der Waals surface area contributed by atoms with E-state index in [-0.39, 0.29) is 60.7 Å². The van der Waals surface area contributed by atoms with Gasteiger partial charge in [0.25, 0.3) is 5.91 Å². The molecule has 6 heterocycles. The number of nitrogens with zero attached hydrogens (tertiary/aromatic N) is 4. The number of aliphatic hydroxyl groups excluding tert-OH is 1. The van der Waals surface area contributed by atoms with E-state index in [0.717, 1.165) is 85.9 Å². The minimum Gasteiger partial charge on any atom is -0.493 e. The van der Waals surface area contributed by atoms with E-state index in [9.17, 15) is 38.7 Å². The van der Waals surface area contributed by atoms with Crippen LogP contribution in [0.15, 0.2) is 115 Å².